The van der Waals surface area contributed by atoms with E-state index in [0.717, 1.165) is 0 Å². The van der Waals surface area contributed by atoms with Gasteiger partial charge < -0.3 is 113 Å². The Kier molecular flexibility index (Phi) is 18.2. The quantitative estimate of drug-likeness (QED) is 0.0541. The second kappa shape index (κ2) is 21.9. The molecule has 336 valence electrons. The van der Waals surface area contributed by atoms with Gasteiger partial charge in [0.2, 0.25) is 0 Å². The number of aliphatic carboxylic acids is 3. The fourth-order valence-electron chi connectivity index (χ4n) is 6.86. The Bertz CT molecular complexity index is 1310. The number of aliphatic hydroxyl groups excluding tert-OH is 9. The maximum Gasteiger partial charge on any atom is 0.329 e. The van der Waals surface area contributed by atoms with Gasteiger partial charge in [0.1, 0.15) is 117 Å². The molecule has 20 atom stereocenters. The highest BCUT2D eigenvalue weighted by atomic mass is 16.8. The van der Waals surface area contributed by atoms with Crippen molar-refractivity contribution in [2.45, 2.75) is 130 Å². The highest BCUT2D eigenvalue weighted by Crippen LogP contribution is 2.35. The van der Waals surface area contributed by atoms with Crippen LogP contribution in [-0.2, 0) is 66.5 Å². The van der Waals surface area contributed by atoms with Gasteiger partial charge in [0.05, 0.1) is 32.5 Å². The molecule has 4 heterocycles. The smallest absolute Gasteiger partial charge is 0.329 e. The molecule has 12 unspecified atom stereocenters. The summed E-state index contributed by atoms with van der Waals surface area (Å²) in [6.45, 7) is -4.08. The minimum Gasteiger partial charge on any atom is -0.480 e. The van der Waals surface area contributed by atoms with Crippen LogP contribution in [0.2, 0.25) is 0 Å². The Labute approximate surface area is 328 Å². The summed E-state index contributed by atoms with van der Waals surface area (Å²) in [5.74, 6) is -4.18. The van der Waals surface area contributed by atoms with Gasteiger partial charge in [0.25, 0.3) is 0 Å². The second-order valence-corrected chi connectivity index (χ2v) is 13.8. The Morgan fingerprint density at radius 1 is 0.483 bits per heavy atom. The van der Waals surface area contributed by atoms with Gasteiger partial charge in [-0.1, -0.05) is 0 Å². The first kappa shape index (κ1) is 48.3. The molecule has 4 saturated heterocycles. The molecule has 0 bridgehead atoms. The number of methoxy groups -OCH3 is 1. The van der Waals surface area contributed by atoms with Gasteiger partial charge in [-0.05, 0) is 6.92 Å². The molecule has 0 aliphatic carbocycles. The third kappa shape index (κ3) is 11.7. The van der Waals surface area contributed by atoms with Crippen LogP contribution in [0, 0.1) is 0 Å². The molecule has 0 radical (unpaired) electrons. The van der Waals surface area contributed by atoms with Gasteiger partial charge >= 0.3 is 17.9 Å². The fourth-order valence-corrected chi connectivity index (χ4v) is 6.86. The average Bonchev–Trinajstić information content (AvgIpc) is 3.17. The van der Waals surface area contributed by atoms with Crippen molar-refractivity contribution < 1.29 is 128 Å². The van der Waals surface area contributed by atoms with Gasteiger partial charge in [-0.2, -0.15) is 0 Å². The summed E-state index contributed by atoms with van der Waals surface area (Å²) in [6, 6.07) is 0. The van der Waals surface area contributed by atoms with Gasteiger partial charge in [-0.15, -0.1) is 0 Å². The van der Waals surface area contributed by atoms with E-state index < -0.39 is 187 Å². The monoisotopic (exact) mass is 852 g/mol. The summed E-state index contributed by atoms with van der Waals surface area (Å²) >= 11 is 0. The van der Waals surface area contributed by atoms with Crippen LogP contribution in [0.5, 0.6) is 0 Å². The molecule has 4 aliphatic rings. The number of rotatable bonds is 20. The van der Waals surface area contributed by atoms with Crippen LogP contribution in [0.4, 0.5) is 0 Å². The molecular weight excluding hydrogens is 800 g/mol. The molecule has 4 fully saturated rings. The number of aliphatic hydroxyl groups is 9. The predicted molar refractivity (Wildman–Crippen MR) is 176 cm³/mol. The maximum atomic E-state index is 11.5. The molecule has 0 saturated carbocycles. The van der Waals surface area contributed by atoms with Crippen molar-refractivity contribution in [3.63, 3.8) is 0 Å². The topological polar surface area (TPSA) is 396 Å². The lowest BCUT2D eigenvalue weighted by Crippen LogP contribution is -2.68. The normalized spacial score (nSPS) is 43.5. The number of hydrogen-bond donors (Lipinski definition) is 12. The summed E-state index contributed by atoms with van der Waals surface area (Å²) < 4.78 is 60.7. The van der Waals surface area contributed by atoms with E-state index in [1.54, 1.807) is 0 Å². The van der Waals surface area contributed by atoms with Crippen LogP contribution in [0.25, 0.3) is 0 Å². The van der Waals surface area contributed by atoms with Gasteiger partial charge in [0.15, 0.2) is 18.9 Å². The van der Waals surface area contributed by atoms with E-state index in [-0.39, 0.29) is 0 Å². The average molecular weight is 853 g/mol. The molecule has 58 heavy (non-hydrogen) atoms. The summed E-state index contributed by atoms with van der Waals surface area (Å²) in [6.07, 6.45) is -33.7. The summed E-state index contributed by atoms with van der Waals surface area (Å²) in [4.78, 5) is 33.4. The number of ether oxygens (including phenoxy) is 11. The molecule has 0 spiro atoms. The number of carbonyl (C=O) groups is 3. The molecule has 4 rings (SSSR count). The largest absolute Gasteiger partial charge is 0.480 e. The van der Waals surface area contributed by atoms with Crippen LogP contribution >= 0.6 is 0 Å². The SMILES string of the molecule is CO[C@@H]1C(COCC(=O)O)O[C@@H](O[C@@H]2C(CO)O[C@@H](O[C@@H]3C(CO)O[C@@H](O[C@@H]4C(COCC(=O)O)O[C@@H](C)C(O)C4O)C(O)C3O)C(OCC(=O)O)C2O)C(O)C1O. The van der Waals surface area contributed by atoms with Crippen LogP contribution in [0.15, 0.2) is 0 Å². The Morgan fingerprint density at radius 2 is 0.879 bits per heavy atom. The minimum absolute atomic E-state index is 0.469. The van der Waals surface area contributed by atoms with E-state index in [1.165, 1.54) is 14.0 Å². The van der Waals surface area contributed by atoms with Gasteiger partial charge in [0, 0.05) is 7.11 Å². The molecular formula is C32H52O26. The summed E-state index contributed by atoms with van der Waals surface area (Å²) in [7, 11) is 1.17. The van der Waals surface area contributed by atoms with Gasteiger partial charge in [-0.25, -0.2) is 14.4 Å². The first-order chi connectivity index (χ1) is 27.4. The van der Waals surface area contributed by atoms with Crippen molar-refractivity contribution in [2.75, 3.05) is 53.4 Å². The highest BCUT2D eigenvalue weighted by Gasteiger charge is 2.56. The van der Waals surface area contributed by atoms with Crippen LogP contribution in [-0.4, -0.2) is 255 Å². The minimum atomic E-state index is -2.08. The van der Waals surface area contributed by atoms with E-state index in [0.29, 0.717) is 0 Å². The van der Waals surface area contributed by atoms with Crippen LogP contribution in [0.3, 0.4) is 0 Å². The van der Waals surface area contributed by atoms with Crippen LogP contribution < -0.4 is 0 Å². The van der Waals surface area contributed by atoms with Gasteiger partial charge in [-0.3, -0.25) is 0 Å². The van der Waals surface area contributed by atoms with E-state index in [4.69, 9.17) is 62.3 Å². The molecule has 0 aromatic carbocycles. The Morgan fingerprint density at radius 3 is 1.36 bits per heavy atom. The molecule has 12 N–H and O–H groups in total. The lowest BCUT2D eigenvalue weighted by atomic mass is 9.94. The van der Waals surface area contributed by atoms with Crippen molar-refractivity contribution >= 4 is 17.9 Å². The lowest BCUT2D eigenvalue weighted by Gasteiger charge is -2.49. The van der Waals surface area contributed by atoms with Crippen LogP contribution in [0.1, 0.15) is 6.92 Å². The Balaban J connectivity index is 1.52. The molecule has 0 aromatic heterocycles. The number of hydrogen-bond acceptors (Lipinski definition) is 23. The fraction of sp³-hybridized carbons (Fsp3) is 0.906. The van der Waals surface area contributed by atoms with Crippen molar-refractivity contribution in [3.05, 3.63) is 0 Å². The van der Waals surface area contributed by atoms with E-state index in [1.807, 2.05) is 0 Å². The maximum absolute atomic E-state index is 11.5. The number of carboxylic acids is 3. The molecule has 0 amide bonds. The molecule has 0 aromatic rings. The first-order valence-electron chi connectivity index (χ1n) is 18.0. The number of carboxylic acid groups (broad SMARTS) is 3. The molecule has 4 aliphatic heterocycles. The predicted octanol–water partition coefficient (Wildman–Crippen LogP) is -7.70. The van der Waals surface area contributed by atoms with E-state index in [2.05, 4.69) is 0 Å². The van der Waals surface area contributed by atoms with E-state index >= 15 is 0 Å². The molecule has 26 nitrogen and oxygen atoms in total. The lowest BCUT2D eigenvalue weighted by molar-refractivity contribution is -0.388. The third-order valence-electron chi connectivity index (χ3n) is 9.74. The summed E-state index contributed by atoms with van der Waals surface area (Å²) in [5.41, 5.74) is 0. The Hall–Kier alpha value is -2.39. The van der Waals surface area contributed by atoms with E-state index in [9.17, 15) is 65.4 Å². The summed E-state index contributed by atoms with van der Waals surface area (Å²) in [5, 5.41) is 124. The van der Waals surface area contributed by atoms with Crippen molar-refractivity contribution in [1.29, 1.82) is 0 Å². The first-order valence-corrected chi connectivity index (χ1v) is 18.0. The zero-order valence-electron chi connectivity index (χ0n) is 31.1. The highest BCUT2D eigenvalue weighted by molar-refractivity contribution is 5.68. The van der Waals surface area contributed by atoms with Crippen molar-refractivity contribution in [1.82, 2.24) is 0 Å². The standard InChI is InChI=1S/C32H52O26/c1-10-18(41)19(42)28(14(52-10)6-50-8-16(37)38)57-30-23(46)21(44)26(11(3-33)53-30)58-32-29(51-9-17(39)40)24(47)27(12(4-34)54-32)56-31-22(45)20(43)25(48-2)13(55-31)5-49-7-15(35)36/h10-14,18-34,41-47H,3-9H2,1-2H3,(H,35,36)(H,37,38)(H,39,40)/t10-,11?,12?,13?,14?,18?,19?,20?,21?,22?,23?,24?,25+,26+,27+,28+,29?,30-,31-,32-/m0/s1. The van der Waals surface area contributed by atoms with Crippen molar-refractivity contribution in [2.24, 2.45) is 0 Å². The molecule has 26 heteroatoms. The third-order valence-corrected chi connectivity index (χ3v) is 9.74. The zero-order valence-corrected chi connectivity index (χ0v) is 31.1. The van der Waals surface area contributed by atoms with Crippen molar-refractivity contribution in [3.8, 4) is 0 Å². The zero-order chi connectivity index (χ0) is 43.0. The second-order valence-electron chi connectivity index (χ2n) is 13.8.